The number of hydrogen-bond acceptors (Lipinski definition) is 4. The van der Waals surface area contributed by atoms with Gasteiger partial charge in [-0.3, -0.25) is 4.79 Å². The van der Waals surface area contributed by atoms with E-state index in [1.165, 1.54) is 11.9 Å². The van der Waals surface area contributed by atoms with E-state index in [4.69, 9.17) is 4.74 Å². The van der Waals surface area contributed by atoms with Crippen molar-refractivity contribution in [2.45, 2.75) is 38.7 Å². The molecule has 1 aliphatic heterocycles. The number of likely N-dealkylation sites (tertiary alicyclic amines) is 1. The summed E-state index contributed by atoms with van der Waals surface area (Å²) in [6, 6.07) is 0. The Balaban J connectivity index is 1.95. The third kappa shape index (κ3) is 6.29. The highest BCUT2D eigenvalue weighted by Gasteiger charge is 2.17. The molecule has 0 aliphatic carbocycles. The van der Waals surface area contributed by atoms with Crippen LogP contribution < -0.4 is 4.72 Å². The molecule has 1 aliphatic rings. The van der Waals surface area contributed by atoms with Gasteiger partial charge >= 0.3 is 0 Å². The molecule has 0 saturated carbocycles. The third-order valence-corrected chi connectivity index (χ3v) is 3.96. The molecule has 0 unspecified atom stereocenters. The summed E-state index contributed by atoms with van der Waals surface area (Å²) in [6.07, 6.45) is 4.46. The van der Waals surface area contributed by atoms with Gasteiger partial charge in [-0.1, -0.05) is 18.9 Å². The summed E-state index contributed by atoms with van der Waals surface area (Å²) in [7, 11) is 1.80. The molecule has 100 valence electrons. The number of hydrogen-bond donors (Lipinski definition) is 1. The Morgan fingerprint density at radius 2 is 2.18 bits per heavy atom. The van der Waals surface area contributed by atoms with Crippen LogP contribution in [0.5, 0.6) is 0 Å². The van der Waals surface area contributed by atoms with Crippen LogP contribution in [0.2, 0.25) is 0 Å². The largest absolute Gasteiger partial charge is 0.381 e. The lowest BCUT2D eigenvalue weighted by Gasteiger charge is -2.31. The minimum Gasteiger partial charge on any atom is -0.381 e. The number of nitrogens with one attached hydrogen (secondary N) is 1. The van der Waals surface area contributed by atoms with Gasteiger partial charge in [0.05, 0.1) is 6.10 Å². The molecule has 0 aromatic carbocycles. The zero-order valence-electron chi connectivity index (χ0n) is 10.9. The number of carbonyl (C=O) groups is 1. The fourth-order valence-electron chi connectivity index (χ4n) is 1.93. The average molecular weight is 260 g/mol. The maximum absolute atomic E-state index is 11.0. The molecule has 1 N–H and O–H groups in total. The van der Waals surface area contributed by atoms with Gasteiger partial charge in [0.2, 0.25) is 5.91 Å². The Morgan fingerprint density at radius 3 is 2.76 bits per heavy atom. The van der Waals surface area contributed by atoms with Crippen molar-refractivity contribution in [2.75, 3.05) is 32.5 Å². The Kier molecular flexibility index (Phi) is 7.64. The lowest BCUT2D eigenvalue weighted by atomic mass is 10.1. The van der Waals surface area contributed by atoms with E-state index >= 15 is 0 Å². The second kappa shape index (κ2) is 8.78. The van der Waals surface area contributed by atoms with E-state index in [1.807, 2.05) is 6.92 Å². The number of ether oxygens (including phenoxy) is 1. The van der Waals surface area contributed by atoms with E-state index in [1.54, 1.807) is 7.11 Å². The highest BCUT2D eigenvalue weighted by Crippen LogP contribution is 2.13. The van der Waals surface area contributed by atoms with Crippen LogP contribution in [0, 0.1) is 0 Å². The van der Waals surface area contributed by atoms with Crippen LogP contribution in [0.4, 0.5) is 0 Å². The Labute approximate surface area is 109 Å². The molecular weight excluding hydrogens is 236 g/mol. The van der Waals surface area contributed by atoms with Crippen LogP contribution in [0.15, 0.2) is 0 Å². The van der Waals surface area contributed by atoms with Crippen molar-refractivity contribution in [2.24, 2.45) is 0 Å². The summed E-state index contributed by atoms with van der Waals surface area (Å²) in [5.74, 6) is 1.12. The first-order valence-electron chi connectivity index (χ1n) is 6.42. The molecule has 5 heteroatoms. The summed E-state index contributed by atoms with van der Waals surface area (Å²) >= 11 is 1.53. The van der Waals surface area contributed by atoms with Gasteiger partial charge in [-0.05, 0) is 25.8 Å². The maximum Gasteiger partial charge on any atom is 0.229 e. The second-order valence-electron chi connectivity index (χ2n) is 4.36. The van der Waals surface area contributed by atoms with Gasteiger partial charge in [0.1, 0.15) is 0 Å². The molecule has 1 saturated heterocycles. The van der Waals surface area contributed by atoms with Crippen LogP contribution >= 0.6 is 11.9 Å². The first-order chi connectivity index (χ1) is 8.26. The van der Waals surface area contributed by atoms with Crippen molar-refractivity contribution in [3.63, 3.8) is 0 Å². The number of rotatable bonds is 7. The molecule has 4 nitrogen and oxygen atoms in total. The zero-order valence-corrected chi connectivity index (χ0v) is 11.7. The summed E-state index contributed by atoms with van der Waals surface area (Å²) in [6.45, 7) is 5.29. The minimum absolute atomic E-state index is 0.121. The fourth-order valence-corrected chi connectivity index (χ4v) is 2.61. The van der Waals surface area contributed by atoms with Crippen molar-refractivity contribution in [1.82, 2.24) is 9.62 Å². The van der Waals surface area contributed by atoms with E-state index in [0.29, 0.717) is 12.5 Å². The van der Waals surface area contributed by atoms with Gasteiger partial charge in [0.25, 0.3) is 0 Å². The number of carbonyl (C=O) groups excluding carboxylic acids is 1. The van der Waals surface area contributed by atoms with E-state index < -0.39 is 0 Å². The van der Waals surface area contributed by atoms with Crippen molar-refractivity contribution in [3.05, 3.63) is 0 Å². The normalized spacial score (nSPS) is 18.2. The molecule has 0 aromatic heterocycles. The van der Waals surface area contributed by atoms with Gasteiger partial charge in [-0.15, -0.1) is 0 Å². The molecular formula is C12H24N2O2S. The average Bonchev–Trinajstić information content (AvgIpc) is 2.38. The first kappa shape index (κ1) is 14.8. The number of nitrogens with zero attached hydrogens (tertiary/aromatic N) is 1. The number of amides is 1. The van der Waals surface area contributed by atoms with Crippen molar-refractivity contribution >= 4 is 17.9 Å². The Bertz CT molecular complexity index is 219. The Morgan fingerprint density at radius 1 is 1.47 bits per heavy atom. The number of piperidine rings is 1. The van der Waals surface area contributed by atoms with Crippen molar-refractivity contribution in [3.8, 4) is 0 Å². The molecule has 1 rings (SSSR count). The summed E-state index contributed by atoms with van der Waals surface area (Å²) in [4.78, 5) is 13.5. The summed E-state index contributed by atoms with van der Waals surface area (Å²) in [5, 5.41) is 0. The first-order valence-corrected chi connectivity index (χ1v) is 7.40. The number of methoxy groups -OCH3 is 1. The van der Waals surface area contributed by atoms with Gasteiger partial charge in [0, 0.05) is 32.4 Å². The van der Waals surface area contributed by atoms with E-state index in [9.17, 15) is 4.79 Å². The second-order valence-corrected chi connectivity index (χ2v) is 5.26. The SMILES string of the molecule is CCC(=O)NSCCCN1CCC(OC)CC1. The van der Waals surface area contributed by atoms with E-state index in [0.717, 1.165) is 44.6 Å². The Hall–Kier alpha value is -0.260. The highest BCUT2D eigenvalue weighted by atomic mass is 32.2. The monoisotopic (exact) mass is 260 g/mol. The molecule has 17 heavy (non-hydrogen) atoms. The molecule has 1 heterocycles. The van der Waals surface area contributed by atoms with Crippen molar-refractivity contribution < 1.29 is 9.53 Å². The van der Waals surface area contributed by atoms with Crippen LogP contribution in [0.1, 0.15) is 32.6 Å². The lowest BCUT2D eigenvalue weighted by molar-refractivity contribution is -0.118. The smallest absolute Gasteiger partial charge is 0.229 e. The minimum atomic E-state index is 0.121. The van der Waals surface area contributed by atoms with Crippen LogP contribution in [-0.4, -0.2) is 49.4 Å². The van der Waals surface area contributed by atoms with Crippen LogP contribution in [0.25, 0.3) is 0 Å². The molecule has 0 bridgehead atoms. The zero-order chi connectivity index (χ0) is 12.5. The van der Waals surface area contributed by atoms with Gasteiger partial charge in [-0.25, -0.2) is 0 Å². The van der Waals surface area contributed by atoms with Crippen molar-refractivity contribution in [1.29, 1.82) is 0 Å². The maximum atomic E-state index is 11.0. The molecule has 0 spiro atoms. The third-order valence-electron chi connectivity index (χ3n) is 3.10. The molecule has 1 fully saturated rings. The van der Waals surface area contributed by atoms with Gasteiger partial charge < -0.3 is 14.4 Å². The lowest BCUT2D eigenvalue weighted by Crippen LogP contribution is -2.37. The highest BCUT2D eigenvalue weighted by molar-refractivity contribution is 7.97. The molecule has 0 radical (unpaired) electrons. The predicted molar refractivity (Wildman–Crippen MR) is 72.0 cm³/mol. The molecule has 0 atom stereocenters. The van der Waals surface area contributed by atoms with E-state index in [-0.39, 0.29) is 5.91 Å². The van der Waals surface area contributed by atoms with Gasteiger partial charge in [-0.2, -0.15) is 0 Å². The quantitative estimate of drug-likeness (QED) is 0.558. The van der Waals surface area contributed by atoms with E-state index in [2.05, 4.69) is 9.62 Å². The summed E-state index contributed by atoms with van der Waals surface area (Å²) in [5.41, 5.74) is 0. The standard InChI is InChI=1S/C12H24N2O2S/c1-3-12(15)13-17-10-4-7-14-8-5-11(16-2)6-9-14/h11H,3-10H2,1-2H3,(H,13,15). The summed E-state index contributed by atoms with van der Waals surface area (Å²) < 4.78 is 8.17. The molecule has 0 aromatic rings. The predicted octanol–water partition coefficient (Wildman–Crippen LogP) is 1.66. The fraction of sp³-hybridized carbons (Fsp3) is 0.917. The van der Waals surface area contributed by atoms with Crippen LogP contribution in [0.3, 0.4) is 0 Å². The van der Waals surface area contributed by atoms with Gasteiger partial charge in [0.15, 0.2) is 0 Å². The molecule has 1 amide bonds. The topological polar surface area (TPSA) is 41.6 Å². The van der Waals surface area contributed by atoms with Crippen LogP contribution in [-0.2, 0) is 9.53 Å².